The standard InChI is InChI=1S/C19H23ClN2O5S/c20-14-5-3-13(4-6-14)9-22-12-19-11-21(18(23)16-2-1-7-26-16)10-15(27-19)8-17(19)28(22,24)25/h3-6,15-17H,1-2,7-12H2/t15-,16?,17+,19+/m0/s1. The number of morpholine rings is 1. The summed E-state index contributed by atoms with van der Waals surface area (Å²) in [6.45, 7) is 1.92. The van der Waals surface area contributed by atoms with E-state index >= 15 is 0 Å². The fourth-order valence-corrected chi connectivity index (χ4v) is 7.45. The number of amides is 1. The molecule has 0 saturated carbocycles. The minimum absolute atomic E-state index is 0.0284. The van der Waals surface area contributed by atoms with Crippen LogP contribution in [0.3, 0.4) is 0 Å². The van der Waals surface area contributed by atoms with Gasteiger partial charge in [-0.05, 0) is 37.0 Å². The summed E-state index contributed by atoms with van der Waals surface area (Å²) in [6, 6.07) is 7.19. The number of hydrogen-bond donors (Lipinski definition) is 0. The van der Waals surface area contributed by atoms with E-state index < -0.39 is 27.0 Å². The number of rotatable bonds is 3. The third-order valence-electron chi connectivity index (χ3n) is 6.30. The van der Waals surface area contributed by atoms with Gasteiger partial charge in [0.1, 0.15) is 17.0 Å². The third kappa shape index (κ3) is 2.97. The van der Waals surface area contributed by atoms with Crippen LogP contribution in [-0.4, -0.2) is 72.8 Å². The summed E-state index contributed by atoms with van der Waals surface area (Å²) in [4.78, 5) is 14.6. The van der Waals surface area contributed by atoms with E-state index in [0.717, 1.165) is 18.4 Å². The zero-order valence-electron chi connectivity index (χ0n) is 15.4. The maximum atomic E-state index is 13.2. The first kappa shape index (κ1) is 18.8. The predicted molar refractivity (Wildman–Crippen MR) is 102 cm³/mol. The van der Waals surface area contributed by atoms with Gasteiger partial charge in [0.15, 0.2) is 0 Å². The van der Waals surface area contributed by atoms with E-state index in [1.807, 2.05) is 12.1 Å². The van der Waals surface area contributed by atoms with Gasteiger partial charge < -0.3 is 14.4 Å². The van der Waals surface area contributed by atoms with Gasteiger partial charge in [0.05, 0.1) is 12.6 Å². The van der Waals surface area contributed by atoms with Crippen molar-refractivity contribution in [2.75, 3.05) is 26.2 Å². The van der Waals surface area contributed by atoms with Gasteiger partial charge in [-0.25, -0.2) is 8.42 Å². The lowest BCUT2D eigenvalue weighted by molar-refractivity contribution is -0.159. The molecule has 0 radical (unpaired) electrons. The molecule has 1 aromatic rings. The molecule has 28 heavy (non-hydrogen) atoms. The lowest BCUT2D eigenvalue weighted by atomic mass is 9.99. The Morgan fingerprint density at radius 1 is 1.25 bits per heavy atom. The van der Waals surface area contributed by atoms with Crippen LogP contribution in [0, 0.1) is 0 Å². The monoisotopic (exact) mass is 426 g/mol. The van der Waals surface area contributed by atoms with Crippen molar-refractivity contribution in [3.8, 4) is 0 Å². The van der Waals surface area contributed by atoms with E-state index in [4.69, 9.17) is 21.1 Å². The summed E-state index contributed by atoms with van der Waals surface area (Å²) in [7, 11) is -3.50. The van der Waals surface area contributed by atoms with Gasteiger partial charge in [-0.3, -0.25) is 4.79 Å². The van der Waals surface area contributed by atoms with Crippen LogP contribution in [0.4, 0.5) is 0 Å². The number of ether oxygens (including phenoxy) is 2. The largest absolute Gasteiger partial charge is 0.368 e. The Hall–Kier alpha value is -1.19. The van der Waals surface area contributed by atoms with E-state index in [0.29, 0.717) is 31.1 Å². The molecule has 4 heterocycles. The zero-order chi connectivity index (χ0) is 19.5. The van der Waals surface area contributed by atoms with Crippen LogP contribution in [0.15, 0.2) is 24.3 Å². The molecule has 2 bridgehead atoms. The second-order valence-electron chi connectivity index (χ2n) is 8.19. The molecule has 4 aliphatic heterocycles. The molecule has 0 N–H and O–H groups in total. The molecule has 9 heteroatoms. The average Bonchev–Trinajstić information content (AvgIpc) is 3.32. The van der Waals surface area contributed by atoms with E-state index in [1.165, 1.54) is 4.31 Å². The third-order valence-corrected chi connectivity index (χ3v) is 8.87. The van der Waals surface area contributed by atoms with Crippen molar-refractivity contribution in [2.45, 2.75) is 48.9 Å². The molecule has 0 aliphatic carbocycles. The summed E-state index contributed by atoms with van der Waals surface area (Å²) in [6.07, 6.45) is 1.45. The minimum atomic E-state index is -3.50. The van der Waals surface area contributed by atoms with Crippen LogP contribution in [0.25, 0.3) is 0 Å². The van der Waals surface area contributed by atoms with Gasteiger partial charge in [0, 0.05) is 31.3 Å². The van der Waals surface area contributed by atoms with Gasteiger partial charge in [0.25, 0.3) is 5.91 Å². The van der Waals surface area contributed by atoms with Crippen LogP contribution in [0.2, 0.25) is 5.02 Å². The average molecular weight is 427 g/mol. The highest BCUT2D eigenvalue weighted by Crippen LogP contribution is 2.47. The first-order valence-corrected chi connectivity index (χ1v) is 11.6. The van der Waals surface area contributed by atoms with Gasteiger partial charge in [-0.2, -0.15) is 4.31 Å². The molecule has 4 saturated heterocycles. The topological polar surface area (TPSA) is 76.2 Å². The van der Waals surface area contributed by atoms with Crippen LogP contribution in [0.1, 0.15) is 24.8 Å². The van der Waals surface area contributed by atoms with E-state index in [9.17, 15) is 13.2 Å². The Morgan fingerprint density at radius 2 is 2.04 bits per heavy atom. The SMILES string of the molecule is O=C(C1CCCO1)N1C[C@@H]2C[C@@H]3[C@@](C1)(CN(Cc1ccc(Cl)cc1)S3(=O)=O)O2. The zero-order valence-corrected chi connectivity index (χ0v) is 17.0. The second-order valence-corrected chi connectivity index (χ2v) is 10.7. The highest BCUT2D eigenvalue weighted by molar-refractivity contribution is 7.90. The number of carbonyl (C=O) groups excluding carboxylic acids is 1. The first-order valence-electron chi connectivity index (χ1n) is 9.69. The lowest BCUT2D eigenvalue weighted by Crippen LogP contribution is -2.58. The van der Waals surface area contributed by atoms with Crippen LogP contribution >= 0.6 is 11.6 Å². The van der Waals surface area contributed by atoms with Crippen LogP contribution in [-0.2, 0) is 30.8 Å². The highest BCUT2D eigenvalue weighted by Gasteiger charge is 2.65. The Labute approximate surface area is 169 Å². The van der Waals surface area contributed by atoms with Gasteiger partial charge in [-0.15, -0.1) is 0 Å². The second kappa shape index (κ2) is 6.67. The number of fused-ring (bicyclic) bond motifs is 1. The van der Waals surface area contributed by atoms with Crippen molar-refractivity contribution in [1.82, 2.24) is 9.21 Å². The molecule has 4 aliphatic rings. The van der Waals surface area contributed by atoms with Crippen LogP contribution < -0.4 is 0 Å². The number of benzene rings is 1. The summed E-state index contributed by atoms with van der Waals surface area (Å²) < 4.78 is 39.7. The molecule has 4 fully saturated rings. The molecule has 0 aromatic heterocycles. The summed E-state index contributed by atoms with van der Waals surface area (Å²) in [5.41, 5.74) is 0.0339. The summed E-state index contributed by atoms with van der Waals surface area (Å²) >= 11 is 5.93. The molecular formula is C19H23ClN2O5S. The Morgan fingerprint density at radius 3 is 2.75 bits per heavy atom. The summed E-state index contributed by atoms with van der Waals surface area (Å²) in [5.74, 6) is -0.0284. The molecule has 4 atom stereocenters. The number of nitrogens with zero attached hydrogens (tertiary/aromatic N) is 2. The Balaban J connectivity index is 1.38. The molecule has 1 spiro atoms. The maximum absolute atomic E-state index is 13.2. The number of carbonyl (C=O) groups is 1. The molecule has 7 nitrogen and oxygen atoms in total. The fourth-order valence-electron chi connectivity index (χ4n) is 5.03. The smallest absolute Gasteiger partial charge is 0.251 e. The van der Waals surface area contributed by atoms with Crippen LogP contribution in [0.5, 0.6) is 0 Å². The van der Waals surface area contributed by atoms with Crippen molar-refractivity contribution in [3.05, 3.63) is 34.9 Å². The van der Waals surface area contributed by atoms with Gasteiger partial charge in [0.2, 0.25) is 10.0 Å². The van der Waals surface area contributed by atoms with Gasteiger partial charge in [-0.1, -0.05) is 23.7 Å². The molecular weight excluding hydrogens is 404 g/mol. The molecule has 1 amide bonds. The Kier molecular flexibility index (Phi) is 4.48. The van der Waals surface area contributed by atoms with E-state index in [-0.39, 0.29) is 25.1 Å². The molecule has 5 rings (SSSR count). The Bertz CT molecular complexity index is 886. The number of hydrogen-bond acceptors (Lipinski definition) is 5. The predicted octanol–water partition coefficient (Wildman–Crippen LogP) is 1.40. The number of likely N-dealkylation sites (tertiary alicyclic amines) is 1. The molecule has 1 unspecified atom stereocenters. The summed E-state index contributed by atoms with van der Waals surface area (Å²) in [5, 5.41) is 0.0184. The first-order chi connectivity index (χ1) is 13.4. The van der Waals surface area contributed by atoms with Crippen molar-refractivity contribution in [3.63, 3.8) is 0 Å². The van der Waals surface area contributed by atoms with E-state index in [1.54, 1.807) is 17.0 Å². The van der Waals surface area contributed by atoms with E-state index in [2.05, 4.69) is 0 Å². The minimum Gasteiger partial charge on any atom is -0.368 e. The van der Waals surface area contributed by atoms with Crippen molar-refractivity contribution in [2.24, 2.45) is 0 Å². The van der Waals surface area contributed by atoms with Crippen molar-refractivity contribution >= 4 is 27.5 Å². The fraction of sp³-hybridized carbons (Fsp3) is 0.632. The highest BCUT2D eigenvalue weighted by atomic mass is 35.5. The van der Waals surface area contributed by atoms with Crippen molar-refractivity contribution < 1.29 is 22.7 Å². The maximum Gasteiger partial charge on any atom is 0.251 e. The quantitative estimate of drug-likeness (QED) is 0.730. The molecule has 1 aromatic carbocycles. The molecule has 152 valence electrons. The van der Waals surface area contributed by atoms with Gasteiger partial charge >= 0.3 is 0 Å². The lowest BCUT2D eigenvalue weighted by Gasteiger charge is -2.40. The number of sulfonamides is 1. The normalized spacial score (nSPS) is 36.6. The number of halogens is 1. The van der Waals surface area contributed by atoms with Crippen molar-refractivity contribution in [1.29, 1.82) is 0 Å².